The molecular weight excluding hydrogens is 398 g/mol. The molecule has 2 aromatic rings. The van der Waals surface area contributed by atoms with Crippen LogP contribution in [0.1, 0.15) is 51.7 Å². The maximum Gasteiger partial charge on any atom is 0.307 e. The van der Waals surface area contributed by atoms with E-state index in [0.29, 0.717) is 29.8 Å². The Morgan fingerprint density at radius 2 is 1.68 bits per heavy atom. The van der Waals surface area contributed by atoms with Crippen molar-refractivity contribution in [3.05, 3.63) is 65.2 Å². The van der Waals surface area contributed by atoms with E-state index in [9.17, 15) is 19.2 Å². The Morgan fingerprint density at radius 1 is 0.968 bits per heavy atom. The molecule has 0 aromatic heterocycles. The number of anilines is 1. The molecule has 0 unspecified atom stereocenters. The van der Waals surface area contributed by atoms with Crippen molar-refractivity contribution >= 4 is 29.4 Å². The number of ether oxygens (including phenoxy) is 1. The van der Waals surface area contributed by atoms with Crippen LogP contribution in [0.2, 0.25) is 0 Å². The Balaban J connectivity index is 1.50. The molecule has 0 bridgehead atoms. The van der Waals surface area contributed by atoms with Gasteiger partial charge in [-0.3, -0.25) is 24.1 Å². The first-order valence-corrected chi connectivity index (χ1v) is 10.2. The Morgan fingerprint density at radius 3 is 2.45 bits per heavy atom. The summed E-state index contributed by atoms with van der Waals surface area (Å²) in [7, 11) is 1.30. The molecule has 2 aliphatic rings. The van der Waals surface area contributed by atoms with Crippen molar-refractivity contribution in [2.45, 2.75) is 25.4 Å². The normalized spacial score (nSPS) is 16.5. The highest BCUT2D eigenvalue weighted by atomic mass is 16.5. The van der Waals surface area contributed by atoms with Gasteiger partial charge in [0.15, 0.2) is 0 Å². The first-order chi connectivity index (χ1) is 15.0. The molecule has 8 nitrogen and oxygen atoms in total. The molecule has 0 saturated heterocycles. The summed E-state index contributed by atoms with van der Waals surface area (Å²) >= 11 is 0. The predicted molar refractivity (Wildman–Crippen MR) is 112 cm³/mol. The predicted octanol–water partition coefficient (Wildman–Crippen LogP) is 2.26. The van der Waals surface area contributed by atoms with Crippen LogP contribution < -0.4 is 10.2 Å². The Bertz CT molecular complexity index is 1050. The van der Waals surface area contributed by atoms with E-state index in [4.69, 9.17) is 0 Å². The fourth-order valence-corrected chi connectivity index (χ4v) is 4.10. The topological polar surface area (TPSA) is 96.0 Å². The zero-order valence-electron chi connectivity index (χ0n) is 17.2. The van der Waals surface area contributed by atoms with Gasteiger partial charge < -0.3 is 15.0 Å². The van der Waals surface area contributed by atoms with Gasteiger partial charge in [0.1, 0.15) is 6.17 Å². The molecule has 160 valence electrons. The lowest BCUT2D eigenvalue weighted by Crippen LogP contribution is -2.48. The Hall–Kier alpha value is -3.68. The Labute approximate surface area is 179 Å². The van der Waals surface area contributed by atoms with Crippen LogP contribution in [0.25, 0.3) is 0 Å². The number of methoxy groups -OCH3 is 1. The van der Waals surface area contributed by atoms with Crippen LogP contribution in [0, 0.1) is 0 Å². The first-order valence-electron chi connectivity index (χ1n) is 10.2. The second-order valence-corrected chi connectivity index (χ2v) is 7.43. The molecule has 3 amide bonds. The fraction of sp³-hybridized carbons (Fsp3) is 0.304. The summed E-state index contributed by atoms with van der Waals surface area (Å²) in [4.78, 5) is 52.9. The molecule has 0 radical (unpaired) electrons. The third-order valence-corrected chi connectivity index (χ3v) is 5.56. The average Bonchev–Trinajstić information content (AvgIpc) is 3.08. The summed E-state index contributed by atoms with van der Waals surface area (Å²) < 4.78 is 4.54. The van der Waals surface area contributed by atoms with Crippen LogP contribution in [0.15, 0.2) is 48.5 Å². The van der Waals surface area contributed by atoms with E-state index in [1.54, 1.807) is 34.1 Å². The number of carbonyl (C=O) groups is 4. The zero-order chi connectivity index (χ0) is 22.0. The maximum absolute atomic E-state index is 13.3. The summed E-state index contributed by atoms with van der Waals surface area (Å²) in [6, 6.07) is 14.4. The number of nitrogens with one attached hydrogen (secondary N) is 1. The molecule has 0 aliphatic carbocycles. The summed E-state index contributed by atoms with van der Waals surface area (Å²) in [5.41, 5.74) is 2.46. The molecule has 31 heavy (non-hydrogen) atoms. The third-order valence-electron chi connectivity index (χ3n) is 5.56. The SMILES string of the molecule is COC(=O)CCNC(=O)CCCN1C(=O)c2ccccc2N2C(=O)c3ccccc3[C@@H]12. The fourth-order valence-electron chi connectivity index (χ4n) is 4.10. The summed E-state index contributed by atoms with van der Waals surface area (Å²) in [6.45, 7) is 0.528. The molecule has 4 rings (SSSR count). The quantitative estimate of drug-likeness (QED) is 0.692. The van der Waals surface area contributed by atoms with Crippen LogP contribution >= 0.6 is 0 Å². The number of para-hydroxylation sites is 1. The highest BCUT2D eigenvalue weighted by molar-refractivity contribution is 6.16. The number of esters is 1. The number of hydrogen-bond acceptors (Lipinski definition) is 5. The number of hydrogen-bond donors (Lipinski definition) is 1. The number of rotatable bonds is 7. The lowest BCUT2D eigenvalue weighted by Gasteiger charge is -2.41. The summed E-state index contributed by atoms with van der Waals surface area (Å²) in [5, 5.41) is 2.67. The molecule has 1 atom stereocenters. The molecule has 0 spiro atoms. The van der Waals surface area contributed by atoms with E-state index in [2.05, 4.69) is 10.1 Å². The van der Waals surface area contributed by atoms with Gasteiger partial charge in [-0.15, -0.1) is 0 Å². The molecule has 0 saturated carbocycles. The van der Waals surface area contributed by atoms with Gasteiger partial charge in [0, 0.05) is 30.6 Å². The lowest BCUT2D eigenvalue weighted by atomic mass is 10.0. The Kier molecular flexibility index (Phi) is 5.70. The van der Waals surface area contributed by atoms with Gasteiger partial charge in [0.2, 0.25) is 5.91 Å². The van der Waals surface area contributed by atoms with E-state index in [1.165, 1.54) is 7.11 Å². The van der Waals surface area contributed by atoms with Gasteiger partial charge in [-0.2, -0.15) is 0 Å². The molecular formula is C23H23N3O5. The van der Waals surface area contributed by atoms with Crippen LogP contribution in [-0.4, -0.2) is 48.8 Å². The number of amides is 3. The van der Waals surface area contributed by atoms with Gasteiger partial charge in [0.05, 0.1) is 24.8 Å². The smallest absolute Gasteiger partial charge is 0.307 e. The highest BCUT2D eigenvalue weighted by Gasteiger charge is 2.47. The molecule has 1 N–H and O–H groups in total. The number of fused-ring (bicyclic) bond motifs is 5. The van der Waals surface area contributed by atoms with Gasteiger partial charge in [-0.05, 0) is 24.6 Å². The lowest BCUT2D eigenvalue weighted by molar-refractivity contribution is -0.140. The van der Waals surface area contributed by atoms with E-state index < -0.39 is 6.17 Å². The average molecular weight is 421 g/mol. The molecule has 2 aliphatic heterocycles. The largest absolute Gasteiger partial charge is 0.469 e. The zero-order valence-corrected chi connectivity index (χ0v) is 17.2. The van der Waals surface area contributed by atoms with Crippen molar-refractivity contribution in [3.63, 3.8) is 0 Å². The number of nitrogens with zero attached hydrogens (tertiary/aromatic N) is 2. The second-order valence-electron chi connectivity index (χ2n) is 7.43. The molecule has 2 heterocycles. The van der Waals surface area contributed by atoms with E-state index >= 15 is 0 Å². The second kappa shape index (κ2) is 8.59. The molecule has 0 fully saturated rings. The van der Waals surface area contributed by atoms with E-state index in [-0.39, 0.29) is 43.1 Å². The van der Waals surface area contributed by atoms with Crippen molar-refractivity contribution in [1.82, 2.24) is 10.2 Å². The minimum Gasteiger partial charge on any atom is -0.469 e. The first kappa shape index (κ1) is 20.6. The van der Waals surface area contributed by atoms with Gasteiger partial charge in [-0.1, -0.05) is 30.3 Å². The summed E-state index contributed by atoms with van der Waals surface area (Å²) in [5.74, 6) is -0.880. The van der Waals surface area contributed by atoms with Crippen molar-refractivity contribution in [1.29, 1.82) is 0 Å². The molecule has 8 heteroatoms. The van der Waals surface area contributed by atoms with Gasteiger partial charge in [0.25, 0.3) is 11.8 Å². The van der Waals surface area contributed by atoms with Crippen LogP contribution in [-0.2, 0) is 14.3 Å². The van der Waals surface area contributed by atoms with Crippen LogP contribution in [0.4, 0.5) is 5.69 Å². The summed E-state index contributed by atoms with van der Waals surface area (Å²) in [6.07, 6.45) is 0.223. The molecule has 2 aromatic carbocycles. The maximum atomic E-state index is 13.3. The number of benzene rings is 2. The van der Waals surface area contributed by atoms with Crippen molar-refractivity contribution in [2.24, 2.45) is 0 Å². The number of carbonyl (C=O) groups excluding carboxylic acids is 4. The third kappa shape index (κ3) is 3.76. The standard InChI is InChI=1S/C23H23N3O5/c1-31-20(28)12-13-24-19(27)11-6-14-25-21-15-7-2-3-8-16(15)23(30)26(21)18-10-5-4-9-17(18)22(25)29/h2-5,7-10,21H,6,11-14H2,1H3,(H,24,27)/t21-/m0/s1. The highest BCUT2D eigenvalue weighted by Crippen LogP contribution is 2.45. The minimum absolute atomic E-state index is 0.111. The van der Waals surface area contributed by atoms with Gasteiger partial charge >= 0.3 is 5.97 Å². The van der Waals surface area contributed by atoms with Gasteiger partial charge in [-0.25, -0.2) is 0 Å². The van der Waals surface area contributed by atoms with Crippen molar-refractivity contribution in [3.8, 4) is 0 Å². The van der Waals surface area contributed by atoms with Crippen molar-refractivity contribution < 1.29 is 23.9 Å². The monoisotopic (exact) mass is 421 g/mol. The van der Waals surface area contributed by atoms with Crippen LogP contribution in [0.3, 0.4) is 0 Å². The van der Waals surface area contributed by atoms with Crippen LogP contribution in [0.5, 0.6) is 0 Å². The van der Waals surface area contributed by atoms with Crippen molar-refractivity contribution in [2.75, 3.05) is 25.1 Å². The van der Waals surface area contributed by atoms with E-state index in [0.717, 1.165) is 5.56 Å². The minimum atomic E-state index is -0.520. The van der Waals surface area contributed by atoms with E-state index in [1.807, 2.05) is 24.3 Å².